The van der Waals surface area contributed by atoms with Gasteiger partial charge in [0.25, 0.3) is 0 Å². The number of nitrogens with one attached hydrogen (secondary N) is 1. The largest absolute Gasteiger partial charge is 0.379 e. The topological polar surface area (TPSA) is 61.6 Å². The van der Waals surface area contributed by atoms with E-state index in [1.807, 2.05) is 24.3 Å². The monoisotopic (exact) mass is 280 g/mol. The number of aromatic nitrogens is 2. The number of hydrogen-bond acceptors (Lipinski definition) is 4. The summed E-state index contributed by atoms with van der Waals surface area (Å²) in [5.74, 6) is 0.805. The maximum Gasteiger partial charge on any atom is 0.186 e. The molecule has 0 saturated heterocycles. The molecule has 2 atom stereocenters. The molecule has 1 aromatic carbocycles. The number of nitrogens with zero attached hydrogens (tertiary/aromatic N) is 3. The normalized spacial score (nSPS) is 22.5. The van der Waals surface area contributed by atoms with Crippen molar-refractivity contribution in [2.45, 2.75) is 45.1 Å². The molecule has 0 radical (unpaired) electrons. The van der Waals surface area contributed by atoms with E-state index in [2.05, 4.69) is 28.5 Å². The average Bonchev–Trinajstić information content (AvgIpc) is 2.72. The first-order valence-corrected chi connectivity index (χ1v) is 7.70. The maximum atomic E-state index is 9.31. The molecular formula is C17H20N4. The highest BCUT2D eigenvalue weighted by atomic mass is 15.1. The second-order valence-electron chi connectivity index (χ2n) is 6.01. The van der Waals surface area contributed by atoms with Gasteiger partial charge in [-0.3, -0.25) is 0 Å². The van der Waals surface area contributed by atoms with Gasteiger partial charge in [-0.1, -0.05) is 38.0 Å². The summed E-state index contributed by atoms with van der Waals surface area (Å²) in [6.45, 7) is 2.33. The molecule has 1 aromatic heterocycles. The van der Waals surface area contributed by atoms with Gasteiger partial charge < -0.3 is 5.32 Å². The minimum Gasteiger partial charge on any atom is -0.379 e. The third kappa shape index (κ3) is 2.97. The molecule has 2 unspecified atom stereocenters. The van der Waals surface area contributed by atoms with Crippen LogP contribution in [0.1, 0.15) is 44.7 Å². The lowest BCUT2D eigenvalue weighted by atomic mass is 10.0. The molecule has 1 aliphatic rings. The van der Waals surface area contributed by atoms with Crippen molar-refractivity contribution in [1.29, 1.82) is 5.26 Å². The standard InChI is InChI=1S/C17H20N4/c1-12-5-4-6-13(10-9-12)19-17-14-7-2-3-8-15(14)20-21-16(17)11-18/h2-3,7-8,12-13H,4-6,9-10H2,1H3,(H,19,20). The molecule has 0 bridgehead atoms. The average molecular weight is 280 g/mol. The Morgan fingerprint density at radius 1 is 1.14 bits per heavy atom. The summed E-state index contributed by atoms with van der Waals surface area (Å²) in [5, 5.41) is 22.1. The highest BCUT2D eigenvalue weighted by Crippen LogP contribution is 2.29. The van der Waals surface area contributed by atoms with Crippen molar-refractivity contribution in [3.05, 3.63) is 30.0 Å². The second kappa shape index (κ2) is 6.09. The van der Waals surface area contributed by atoms with Crippen LogP contribution in [0.15, 0.2) is 24.3 Å². The first-order valence-electron chi connectivity index (χ1n) is 7.70. The minimum absolute atomic E-state index is 0.394. The van der Waals surface area contributed by atoms with Gasteiger partial charge in [-0.2, -0.15) is 5.26 Å². The summed E-state index contributed by atoms with van der Waals surface area (Å²) >= 11 is 0. The third-order valence-electron chi connectivity index (χ3n) is 4.38. The molecule has 2 aromatic rings. The van der Waals surface area contributed by atoms with Crippen LogP contribution >= 0.6 is 0 Å². The number of fused-ring (bicyclic) bond motifs is 1. The van der Waals surface area contributed by atoms with E-state index in [9.17, 15) is 5.26 Å². The summed E-state index contributed by atoms with van der Waals surface area (Å²) < 4.78 is 0. The van der Waals surface area contributed by atoms with E-state index in [-0.39, 0.29) is 0 Å². The van der Waals surface area contributed by atoms with Crippen molar-refractivity contribution in [1.82, 2.24) is 10.2 Å². The summed E-state index contributed by atoms with van der Waals surface area (Å²) in [4.78, 5) is 0. The van der Waals surface area contributed by atoms with Gasteiger partial charge in [-0.25, -0.2) is 0 Å². The zero-order valence-corrected chi connectivity index (χ0v) is 12.3. The number of rotatable bonds is 2. The molecule has 0 aliphatic heterocycles. The Labute approximate surface area is 125 Å². The predicted octanol–water partition coefficient (Wildman–Crippen LogP) is 3.88. The quantitative estimate of drug-likeness (QED) is 0.848. The van der Waals surface area contributed by atoms with E-state index in [0.29, 0.717) is 11.7 Å². The fraction of sp³-hybridized carbons (Fsp3) is 0.471. The highest BCUT2D eigenvalue weighted by Gasteiger charge is 2.19. The van der Waals surface area contributed by atoms with Crippen LogP contribution in [0.3, 0.4) is 0 Å². The third-order valence-corrected chi connectivity index (χ3v) is 4.38. The van der Waals surface area contributed by atoms with Crippen LogP contribution in [0.25, 0.3) is 10.9 Å². The van der Waals surface area contributed by atoms with Crippen LogP contribution in [-0.2, 0) is 0 Å². The van der Waals surface area contributed by atoms with Gasteiger partial charge >= 0.3 is 0 Å². The Kier molecular flexibility index (Phi) is 4.01. The Hall–Kier alpha value is -2.15. The van der Waals surface area contributed by atoms with Gasteiger partial charge in [0.1, 0.15) is 6.07 Å². The van der Waals surface area contributed by atoms with E-state index in [1.54, 1.807) is 0 Å². The molecule has 1 heterocycles. The van der Waals surface area contributed by atoms with Gasteiger partial charge in [-0.05, 0) is 31.2 Å². The molecule has 3 rings (SSSR count). The zero-order valence-electron chi connectivity index (χ0n) is 12.3. The van der Waals surface area contributed by atoms with Crippen LogP contribution in [0.5, 0.6) is 0 Å². The molecule has 1 saturated carbocycles. The number of anilines is 1. The van der Waals surface area contributed by atoms with Crippen LogP contribution in [0.2, 0.25) is 0 Å². The zero-order chi connectivity index (χ0) is 14.7. The van der Waals surface area contributed by atoms with Crippen molar-refractivity contribution < 1.29 is 0 Å². The lowest BCUT2D eigenvalue weighted by Gasteiger charge is -2.19. The van der Waals surface area contributed by atoms with Gasteiger partial charge in [-0.15, -0.1) is 10.2 Å². The Bertz CT molecular complexity index is 674. The van der Waals surface area contributed by atoms with E-state index >= 15 is 0 Å². The van der Waals surface area contributed by atoms with Crippen LogP contribution in [0, 0.1) is 17.2 Å². The summed E-state index contributed by atoms with van der Waals surface area (Å²) in [7, 11) is 0. The predicted molar refractivity (Wildman–Crippen MR) is 83.9 cm³/mol. The molecule has 0 spiro atoms. The molecule has 4 nitrogen and oxygen atoms in total. The number of nitriles is 1. The van der Waals surface area contributed by atoms with Crippen LogP contribution in [-0.4, -0.2) is 16.2 Å². The van der Waals surface area contributed by atoms with Crippen LogP contribution in [0.4, 0.5) is 5.69 Å². The second-order valence-corrected chi connectivity index (χ2v) is 6.01. The Balaban J connectivity index is 1.93. The summed E-state index contributed by atoms with van der Waals surface area (Å²) in [5.41, 5.74) is 2.08. The van der Waals surface area contributed by atoms with E-state index in [0.717, 1.165) is 35.3 Å². The SMILES string of the molecule is CC1CCCC(Nc2c(C#N)nnc3ccccc23)CC1. The van der Waals surface area contributed by atoms with Crippen LogP contribution < -0.4 is 5.32 Å². The Morgan fingerprint density at radius 2 is 2.00 bits per heavy atom. The van der Waals surface area contributed by atoms with Crippen molar-refractivity contribution in [3.63, 3.8) is 0 Å². The van der Waals surface area contributed by atoms with Crippen molar-refractivity contribution in [3.8, 4) is 6.07 Å². The first kappa shape index (κ1) is 13.8. The van der Waals surface area contributed by atoms with Gasteiger partial charge in [0, 0.05) is 11.4 Å². The molecule has 0 amide bonds. The maximum absolute atomic E-state index is 9.31. The lowest BCUT2D eigenvalue weighted by Crippen LogP contribution is -2.20. The molecule has 1 fully saturated rings. The molecular weight excluding hydrogens is 260 g/mol. The van der Waals surface area contributed by atoms with Crippen molar-refractivity contribution >= 4 is 16.6 Å². The smallest absolute Gasteiger partial charge is 0.186 e. The van der Waals surface area contributed by atoms with Gasteiger partial charge in [0.15, 0.2) is 5.69 Å². The fourth-order valence-corrected chi connectivity index (χ4v) is 3.11. The molecule has 21 heavy (non-hydrogen) atoms. The lowest BCUT2D eigenvalue weighted by molar-refractivity contribution is 0.502. The van der Waals surface area contributed by atoms with Gasteiger partial charge in [0.05, 0.1) is 11.2 Å². The minimum atomic E-state index is 0.394. The Morgan fingerprint density at radius 3 is 2.86 bits per heavy atom. The fourth-order valence-electron chi connectivity index (χ4n) is 3.11. The first-order chi connectivity index (χ1) is 10.3. The molecule has 1 aliphatic carbocycles. The van der Waals surface area contributed by atoms with E-state index in [1.165, 1.54) is 19.3 Å². The summed E-state index contributed by atoms with van der Waals surface area (Å²) in [6.07, 6.45) is 6.11. The number of benzene rings is 1. The van der Waals surface area contributed by atoms with Crippen molar-refractivity contribution in [2.24, 2.45) is 5.92 Å². The summed E-state index contributed by atoms with van der Waals surface area (Å²) in [6, 6.07) is 10.5. The van der Waals surface area contributed by atoms with Crippen molar-refractivity contribution in [2.75, 3.05) is 5.32 Å². The van der Waals surface area contributed by atoms with E-state index < -0.39 is 0 Å². The van der Waals surface area contributed by atoms with E-state index in [4.69, 9.17) is 0 Å². The molecule has 108 valence electrons. The molecule has 1 N–H and O–H groups in total. The number of hydrogen-bond donors (Lipinski definition) is 1. The van der Waals surface area contributed by atoms with Gasteiger partial charge in [0.2, 0.25) is 0 Å². The highest BCUT2D eigenvalue weighted by molar-refractivity contribution is 5.92. The molecule has 4 heteroatoms.